The van der Waals surface area contributed by atoms with Gasteiger partial charge in [-0.1, -0.05) is 24.8 Å². The molecule has 3 N–H and O–H groups in total. The number of ether oxygens (including phenoxy) is 1. The molecule has 0 amide bonds. The van der Waals surface area contributed by atoms with Gasteiger partial charge in [-0.05, 0) is 46.3 Å². The van der Waals surface area contributed by atoms with Gasteiger partial charge in [0.05, 0.1) is 21.7 Å². The van der Waals surface area contributed by atoms with Gasteiger partial charge in [0.1, 0.15) is 18.1 Å². The molecule has 2 aliphatic rings. The topological polar surface area (TPSA) is 88.4 Å². The smallest absolute Gasteiger partial charge is 0.491 e. The summed E-state index contributed by atoms with van der Waals surface area (Å²) in [4.78, 5) is 0. The van der Waals surface area contributed by atoms with Gasteiger partial charge in [-0.3, -0.25) is 4.39 Å². The summed E-state index contributed by atoms with van der Waals surface area (Å²) in [7, 11) is -2.67. The summed E-state index contributed by atoms with van der Waals surface area (Å²) < 4.78 is 30.8. The summed E-state index contributed by atoms with van der Waals surface area (Å²) in [6.07, 6.45) is 1.68. The van der Waals surface area contributed by atoms with Crippen molar-refractivity contribution in [3.05, 3.63) is 60.2 Å². The first-order chi connectivity index (χ1) is 13.5. The van der Waals surface area contributed by atoms with Crippen molar-refractivity contribution < 1.29 is 35.0 Å². The molecule has 2 heterocycles. The summed E-state index contributed by atoms with van der Waals surface area (Å²) >= 11 is 0. The summed E-state index contributed by atoms with van der Waals surface area (Å²) in [5.41, 5.74) is 3.43. The van der Waals surface area contributed by atoms with Gasteiger partial charge in [0.25, 0.3) is 0 Å². The molecule has 142 valence electrons. The summed E-state index contributed by atoms with van der Waals surface area (Å²) in [5.74, 6) is 0.890. The monoisotopic (exact) mass is 375 g/mol. The molecule has 0 saturated heterocycles. The van der Waals surface area contributed by atoms with Crippen LogP contribution in [-0.2, 0) is 22.5 Å². The van der Waals surface area contributed by atoms with E-state index < -0.39 is 21.4 Å². The molecule has 2 aliphatic heterocycles. The number of alkyl halides is 1. The highest BCUT2D eigenvalue weighted by molar-refractivity contribution is 6.62. The van der Waals surface area contributed by atoms with Crippen molar-refractivity contribution in [1.29, 1.82) is 0 Å². The van der Waals surface area contributed by atoms with Crippen LogP contribution in [0, 0.1) is 0 Å². The zero-order chi connectivity index (χ0) is 20.5. The number of phenols is 1. The van der Waals surface area contributed by atoms with Gasteiger partial charge < -0.3 is 29.2 Å². The minimum absolute atomic E-state index is 0.160. The average molecular weight is 375 g/mol. The van der Waals surface area contributed by atoms with Gasteiger partial charge in [-0.15, -0.1) is 0 Å². The lowest BCUT2D eigenvalue weighted by Gasteiger charge is -2.05. The lowest BCUT2D eigenvalue weighted by atomic mass is 9.79. The first kappa shape index (κ1) is 19.4. The van der Waals surface area contributed by atoms with E-state index in [1.807, 2.05) is 12.1 Å². The van der Waals surface area contributed by atoms with Gasteiger partial charge in [-0.25, -0.2) is 0 Å². The van der Waals surface area contributed by atoms with E-state index in [4.69, 9.17) is 20.5 Å². The fourth-order valence-electron chi connectivity index (χ4n) is 2.64. The molecule has 0 spiro atoms. The number of hydrogen-bond acceptors (Lipinski definition) is 6. The molecule has 0 radical (unpaired) electrons. The third kappa shape index (κ3) is 5.33. The molecular formula is C18H21B2FO6. The van der Waals surface area contributed by atoms with Crippen LogP contribution < -0.4 is 15.7 Å². The average Bonchev–Trinajstić information content (AvgIpc) is 3.24. The highest BCUT2D eigenvalue weighted by Gasteiger charge is 2.28. The van der Waals surface area contributed by atoms with Crippen molar-refractivity contribution in [1.82, 2.24) is 0 Å². The summed E-state index contributed by atoms with van der Waals surface area (Å²) in [6.45, 7) is 4.93. The zero-order valence-corrected chi connectivity index (χ0v) is 14.7. The molecule has 6 nitrogen and oxygen atoms in total. The van der Waals surface area contributed by atoms with E-state index in [-0.39, 0.29) is 5.75 Å². The molecule has 0 saturated carbocycles. The van der Waals surface area contributed by atoms with Crippen LogP contribution in [-0.4, -0.2) is 43.2 Å². The molecule has 27 heavy (non-hydrogen) atoms. The third-order valence-corrected chi connectivity index (χ3v) is 3.94. The summed E-state index contributed by atoms with van der Waals surface area (Å²) in [5, 5.41) is 27.7. The highest BCUT2D eigenvalue weighted by Crippen LogP contribution is 2.16. The lowest BCUT2D eigenvalue weighted by Crippen LogP contribution is -2.27. The van der Waals surface area contributed by atoms with E-state index in [0.29, 0.717) is 25.3 Å². The second kappa shape index (κ2) is 10.1. The Kier molecular flexibility index (Phi) is 7.29. The van der Waals surface area contributed by atoms with Crippen molar-refractivity contribution in [3.8, 4) is 11.5 Å². The van der Waals surface area contributed by atoms with E-state index in [1.165, 1.54) is 6.07 Å². The van der Waals surface area contributed by atoms with Crippen molar-refractivity contribution in [3.63, 3.8) is 0 Å². The van der Waals surface area contributed by atoms with E-state index in [9.17, 15) is 14.4 Å². The largest absolute Gasteiger partial charge is 0.508 e. The van der Waals surface area contributed by atoms with Gasteiger partial charge in [0.15, 0.2) is 0 Å². The van der Waals surface area contributed by atoms with Crippen LogP contribution >= 0.6 is 0 Å². The number of phenolic OH excluding ortho intramolecular Hbond substituents is 1. The van der Waals surface area contributed by atoms with Crippen LogP contribution in [0.4, 0.5) is 4.39 Å². The van der Waals surface area contributed by atoms with Crippen molar-refractivity contribution in [2.75, 3.05) is 13.8 Å². The minimum Gasteiger partial charge on any atom is -0.508 e. The molecule has 0 aliphatic carbocycles. The van der Waals surface area contributed by atoms with Crippen LogP contribution in [0.5, 0.6) is 11.5 Å². The van der Waals surface area contributed by atoms with Crippen LogP contribution in [0.1, 0.15) is 12.5 Å². The number of rotatable bonds is 3. The predicted molar refractivity (Wildman–Crippen MR) is 102 cm³/mol. The fourth-order valence-corrected chi connectivity index (χ4v) is 2.64. The van der Waals surface area contributed by atoms with Crippen LogP contribution in [0.3, 0.4) is 0 Å². The predicted octanol–water partition coefficient (Wildman–Crippen LogP) is 0.665. The van der Waals surface area contributed by atoms with E-state index in [1.54, 1.807) is 24.3 Å². The van der Waals surface area contributed by atoms with E-state index in [0.717, 1.165) is 22.3 Å². The Balaban J connectivity index is 0.000000180. The number of aromatic hydroxyl groups is 1. The number of halogens is 1. The fraction of sp³-hybridized carbons (Fsp3) is 0.222. The minimum atomic E-state index is -1.00. The summed E-state index contributed by atoms with van der Waals surface area (Å²) in [6, 6.07) is 10.4. The molecule has 0 atom stereocenters. The lowest BCUT2D eigenvalue weighted by molar-refractivity contribution is 0.275. The van der Waals surface area contributed by atoms with Gasteiger partial charge >= 0.3 is 14.2 Å². The second-order valence-electron chi connectivity index (χ2n) is 5.67. The molecule has 0 aromatic heterocycles. The Hall–Kier alpha value is -2.32. The second-order valence-corrected chi connectivity index (χ2v) is 5.67. The van der Waals surface area contributed by atoms with Gasteiger partial charge in [0.2, 0.25) is 0 Å². The number of fused-ring (bicyclic) bond motifs is 2. The molecule has 2 aromatic rings. The number of hydrogen-bond donors (Lipinski definition) is 3. The van der Waals surface area contributed by atoms with Gasteiger partial charge in [0, 0.05) is 0 Å². The Morgan fingerprint density at radius 2 is 1.70 bits per heavy atom. The Bertz CT molecular complexity index is 795. The maximum Gasteiger partial charge on any atom is 0.491 e. The Morgan fingerprint density at radius 1 is 1.15 bits per heavy atom. The standard InChI is InChI=1S/C10H11BO3.C7H7BO3.CH3F/c1-2-5-13-9-4-3-8-7-14-11(12)10(8)6-9;9-6-2-1-5-4-11-8(10)7(5)3-6;1-2/h2-4,6,12H,1,5,7H2;1-3,9-10H,4H2;1H3/i;;1D. The SMILES string of the molecule is C=CCOc1ccc2c(c1)B(O)OC2.OB1OCc2ccc(O)cc21.[2H]CF. The maximum atomic E-state index is 9.96. The number of benzene rings is 2. The third-order valence-electron chi connectivity index (χ3n) is 3.94. The van der Waals surface area contributed by atoms with Crippen LogP contribution in [0.25, 0.3) is 0 Å². The highest BCUT2D eigenvalue weighted by atomic mass is 19.1. The molecular weight excluding hydrogens is 353 g/mol. The normalized spacial score (nSPS) is 14.1. The quantitative estimate of drug-likeness (QED) is 0.540. The van der Waals surface area contributed by atoms with Crippen molar-refractivity contribution >= 4 is 25.2 Å². The van der Waals surface area contributed by atoms with Crippen LogP contribution in [0.2, 0.25) is 0 Å². The van der Waals surface area contributed by atoms with E-state index >= 15 is 0 Å². The molecule has 9 heteroatoms. The maximum absolute atomic E-state index is 9.96. The van der Waals surface area contributed by atoms with Crippen LogP contribution in [0.15, 0.2) is 49.1 Å². The molecule has 0 bridgehead atoms. The first-order valence-electron chi connectivity index (χ1n) is 8.83. The molecule has 0 fully saturated rings. The zero-order valence-electron chi connectivity index (χ0n) is 15.7. The Morgan fingerprint density at radius 3 is 2.30 bits per heavy atom. The molecule has 4 rings (SSSR count). The molecule has 0 unspecified atom stereocenters. The van der Waals surface area contributed by atoms with Gasteiger partial charge in [-0.2, -0.15) is 0 Å². The van der Waals surface area contributed by atoms with Crippen molar-refractivity contribution in [2.45, 2.75) is 13.2 Å². The van der Waals surface area contributed by atoms with Crippen molar-refractivity contribution in [2.24, 2.45) is 0 Å². The first-order valence-corrected chi connectivity index (χ1v) is 8.13. The Labute approximate surface area is 159 Å². The molecule has 2 aromatic carbocycles. The van der Waals surface area contributed by atoms with E-state index in [2.05, 4.69) is 6.58 Å².